The molecular formula is C19H22BrN3O4. The fourth-order valence-electron chi connectivity index (χ4n) is 3.03. The maximum atomic E-state index is 11.1. The maximum Gasteiger partial charge on any atom is 0.311 e. The average molecular weight is 436 g/mol. The SMILES string of the molecule is CCOc1cc(NCc2ccc(Br)cc2N2CCOCC2)ccc1[N+](=O)[O-]. The lowest BCUT2D eigenvalue weighted by Crippen LogP contribution is -2.36. The zero-order valence-corrected chi connectivity index (χ0v) is 16.7. The van der Waals surface area contributed by atoms with Gasteiger partial charge in [0.25, 0.3) is 0 Å². The topological polar surface area (TPSA) is 76.9 Å². The van der Waals surface area contributed by atoms with E-state index < -0.39 is 4.92 Å². The van der Waals surface area contributed by atoms with Crippen molar-refractivity contribution in [1.82, 2.24) is 0 Å². The lowest BCUT2D eigenvalue weighted by atomic mass is 10.1. The fourth-order valence-corrected chi connectivity index (χ4v) is 3.38. The summed E-state index contributed by atoms with van der Waals surface area (Å²) in [6.07, 6.45) is 0. The summed E-state index contributed by atoms with van der Waals surface area (Å²) in [7, 11) is 0. The minimum atomic E-state index is -0.431. The van der Waals surface area contributed by atoms with Gasteiger partial charge >= 0.3 is 5.69 Å². The number of benzene rings is 2. The first-order chi connectivity index (χ1) is 13.1. The molecule has 7 nitrogen and oxygen atoms in total. The fraction of sp³-hybridized carbons (Fsp3) is 0.368. The molecule has 1 aliphatic heterocycles. The molecule has 2 aromatic rings. The van der Waals surface area contributed by atoms with E-state index in [2.05, 4.69) is 38.3 Å². The van der Waals surface area contributed by atoms with Gasteiger partial charge in [0.15, 0.2) is 5.75 Å². The number of nitro benzene ring substituents is 1. The standard InChI is InChI=1S/C19H22BrN3O4/c1-2-27-19-12-16(5-6-17(19)23(24)25)21-13-14-3-4-15(20)11-18(14)22-7-9-26-10-8-22/h3-6,11-12,21H,2,7-10,13H2,1H3. The molecule has 0 aromatic heterocycles. The highest BCUT2D eigenvalue weighted by molar-refractivity contribution is 9.10. The van der Waals surface area contributed by atoms with Crippen molar-refractivity contribution in [3.63, 3.8) is 0 Å². The third kappa shape index (κ3) is 4.90. The van der Waals surface area contributed by atoms with E-state index in [9.17, 15) is 10.1 Å². The predicted molar refractivity (Wildman–Crippen MR) is 109 cm³/mol. The number of morpholine rings is 1. The first-order valence-electron chi connectivity index (χ1n) is 8.84. The van der Waals surface area contributed by atoms with Crippen molar-refractivity contribution < 1.29 is 14.4 Å². The highest BCUT2D eigenvalue weighted by atomic mass is 79.9. The Labute approximate surface area is 166 Å². The van der Waals surface area contributed by atoms with Crippen molar-refractivity contribution in [3.05, 3.63) is 56.5 Å². The molecule has 0 radical (unpaired) electrons. The molecule has 0 unspecified atom stereocenters. The van der Waals surface area contributed by atoms with Crippen LogP contribution in [-0.2, 0) is 11.3 Å². The van der Waals surface area contributed by atoms with Crippen LogP contribution >= 0.6 is 15.9 Å². The Morgan fingerprint density at radius 2 is 2.04 bits per heavy atom. The first kappa shape index (κ1) is 19.4. The number of hydrogen-bond donors (Lipinski definition) is 1. The largest absolute Gasteiger partial charge is 0.487 e. The van der Waals surface area contributed by atoms with Gasteiger partial charge in [0.05, 0.1) is 24.7 Å². The van der Waals surface area contributed by atoms with Crippen LogP contribution in [0, 0.1) is 10.1 Å². The molecule has 1 saturated heterocycles. The van der Waals surface area contributed by atoms with Gasteiger partial charge < -0.3 is 19.7 Å². The summed E-state index contributed by atoms with van der Waals surface area (Å²) in [5.41, 5.74) is 3.06. The summed E-state index contributed by atoms with van der Waals surface area (Å²) >= 11 is 3.55. The Balaban J connectivity index is 1.78. The molecule has 0 saturated carbocycles. The van der Waals surface area contributed by atoms with E-state index in [1.807, 2.05) is 6.07 Å². The van der Waals surface area contributed by atoms with Gasteiger partial charge in [0.1, 0.15) is 0 Å². The van der Waals surface area contributed by atoms with Gasteiger partial charge in [-0.05, 0) is 30.7 Å². The second-order valence-electron chi connectivity index (χ2n) is 6.10. The number of ether oxygens (including phenoxy) is 2. The maximum absolute atomic E-state index is 11.1. The molecule has 8 heteroatoms. The first-order valence-corrected chi connectivity index (χ1v) is 9.64. The van der Waals surface area contributed by atoms with E-state index in [0.717, 1.165) is 47.7 Å². The normalized spacial score (nSPS) is 14.1. The third-order valence-electron chi connectivity index (χ3n) is 4.34. The molecule has 0 aliphatic carbocycles. The number of nitro groups is 1. The van der Waals surface area contributed by atoms with Gasteiger partial charge in [0.2, 0.25) is 0 Å². The molecule has 0 atom stereocenters. The monoisotopic (exact) mass is 435 g/mol. The zero-order chi connectivity index (χ0) is 19.2. The molecule has 2 aromatic carbocycles. The van der Waals surface area contributed by atoms with Crippen LogP contribution in [0.1, 0.15) is 12.5 Å². The van der Waals surface area contributed by atoms with E-state index in [4.69, 9.17) is 9.47 Å². The second-order valence-corrected chi connectivity index (χ2v) is 7.01. The number of halogens is 1. The molecule has 144 valence electrons. The van der Waals surface area contributed by atoms with Crippen molar-refractivity contribution in [3.8, 4) is 5.75 Å². The van der Waals surface area contributed by atoms with Gasteiger partial charge in [-0.25, -0.2) is 0 Å². The van der Waals surface area contributed by atoms with Gasteiger partial charge in [-0.15, -0.1) is 0 Å². The van der Waals surface area contributed by atoms with Crippen LogP contribution in [0.25, 0.3) is 0 Å². The number of nitrogens with one attached hydrogen (secondary N) is 1. The Kier molecular flexibility index (Phi) is 6.52. The minimum absolute atomic E-state index is 0.0277. The molecule has 1 aliphatic rings. The van der Waals surface area contributed by atoms with Crippen molar-refractivity contribution >= 4 is 33.0 Å². The third-order valence-corrected chi connectivity index (χ3v) is 4.83. The van der Waals surface area contributed by atoms with Gasteiger partial charge in [0, 0.05) is 47.6 Å². The van der Waals surface area contributed by atoms with Crippen LogP contribution in [0.4, 0.5) is 17.1 Å². The van der Waals surface area contributed by atoms with E-state index in [0.29, 0.717) is 13.2 Å². The Bertz CT molecular complexity index is 810. The minimum Gasteiger partial charge on any atom is -0.487 e. The van der Waals surface area contributed by atoms with Crippen LogP contribution in [0.3, 0.4) is 0 Å². The summed E-state index contributed by atoms with van der Waals surface area (Å²) in [5.74, 6) is 0.275. The summed E-state index contributed by atoms with van der Waals surface area (Å²) in [6, 6.07) is 11.1. The smallest absolute Gasteiger partial charge is 0.311 e. The van der Waals surface area contributed by atoms with Gasteiger partial charge in [-0.2, -0.15) is 0 Å². The Morgan fingerprint density at radius 1 is 1.26 bits per heavy atom. The van der Waals surface area contributed by atoms with Crippen LogP contribution in [0.5, 0.6) is 5.75 Å². The number of rotatable bonds is 7. The average Bonchev–Trinajstić information content (AvgIpc) is 2.68. The summed E-state index contributed by atoms with van der Waals surface area (Å²) in [6.45, 7) is 5.94. The predicted octanol–water partition coefficient (Wildman–Crippen LogP) is 4.20. The van der Waals surface area contributed by atoms with E-state index in [1.54, 1.807) is 19.1 Å². The van der Waals surface area contributed by atoms with E-state index in [-0.39, 0.29) is 11.4 Å². The quantitative estimate of drug-likeness (QED) is 0.518. The molecule has 0 amide bonds. The summed E-state index contributed by atoms with van der Waals surface area (Å²) < 4.78 is 11.9. The van der Waals surface area contributed by atoms with Crippen molar-refractivity contribution in [1.29, 1.82) is 0 Å². The van der Waals surface area contributed by atoms with Crippen molar-refractivity contribution in [2.45, 2.75) is 13.5 Å². The van der Waals surface area contributed by atoms with E-state index >= 15 is 0 Å². The summed E-state index contributed by atoms with van der Waals surface area (Å²) in [4.78, 5) is 13.0. The number of hydrogen-bond acceptors (Lipinski definition) is 6. The van der Waals surface area contributed by atoms with Crippen molar-refractivity contribution in [2.24, 2.45) is 0 Å². The summed E-state index contributed by atoms with van der Waals surface area (Å²) in [5, 5.41) is 14.5. The molecule has 1 N–H and O–H groups in total. The Morgan fingerprint density at radius 3 is 2.74 bits per heavy atom. The molecule has 0 bridgehead atoms. The molecule has 27 heavy (non-hydrogen) atoms. The zero-order valence-electron chi connectivity index (χ0n) is 15.1. The van der Waals surface area contributed by atoms with E-state index in [1.165, 1.54) is 6.07 Å². The highest BCUT2D eigenvalue weighted by Gasteiger charge is 2.17. The van der Waals surface area contributed by atoms with Gasteiger partial charge in [-0.1, -0.05) is 22.0 Å². The molecular weight excluding hydrogens is 414 g/mol. The van der Waals surface area contributed by atoms with Crippen LogP contribution in [0.15, 0.2) is 40.9 Å². The number of anilines is 2. The highest BCUT2D eigenvalue weighted by Crippen LogP contribution is 2.31. The molecule has 1 heterocycles. The number of nitrogens with zero attached hydrogens (tertiary/aromatic N) is 2. The second kappa shape index (κ2) is 9.05. The van der Waals surface area contributed by atoms with Crippen LogP contribution < -0.4 is 15.0 Å². The van der Waals surface area contributed by atoms with Crippen LogP contribution in [-0.4, -0.2) is 37.8 Å². The lowest BCUT2D eigenvalue weighted by molar-refractivity contribution is -0.385. The Hall–Kier alpha value is -2.32. The van der Waals surface area contributed by atoms with Gasteiger partial charge in [-0.3, -0.25) is 10.1 Å². The molecule has 0 spiro atoms. The lowest BCUT2D eigenvalue weighted by Gasteiger charge is -2.31. The van der Waals surface area contributed by atoms with Crippen LogP contribution in [0.2, 0.25) is 0 Å². The molecule has 1 fully saturated rings. The molecule has 3 rings (SSSR count). The van der Waals surface area contributed by atoms with Crippen molar-refractivity contribution in [2.75, 3.05) is 43.1 Å².